The number of ether oxygens (including phenoxy) is 1. The molecule has 0 radical (unpaired) electrons. The van der Waals surface area contributed by atoms with Crippen molar-refractivity contribution < 1.29 is 24.2 Å². The molecule has 0 atom stereocenters. The maximum atomic E-state index is 12.9. The highest BCUT2D eigenvalue weighted by atomic mass is 35.5. The van der Waals surface area contributed by atoms with Crippen molar-refractivity contribution >= 4 is 41.2 Å². The first kappa shape index (κ1) is 21.1. The van der Waals surface area contributed by atoms with Gasteiger partial charge in [-0.05, 0) is 54.1 Å². The molecule has 2 N–H and O–H groups in total. The number of aromatic hydroxyl groups is 1. The number of amides is 4. The summed E-state index contributed by atoms with van der Waals surface area (Å²) < 4.78 is 5.72. The third kappa shape index (κ3) is 4.48. The third-order valence-corrected chi connectivity index (χ3v) is 5.10. The van der Waals surface area contributed by atoms with E-state index < -0.39 is 17.8 Å². The molecule has 160 valence electrons. The number of halogens is 1. The van der Waals surface area contributed by atoms with Crippen molar-refractivity contribution in [2.75, 3.05) is 4.90 Å². The molecule has 4 rings (SSSR count). The van der Waals surface area contributed by atoms with Gasteiger partial charge in [-0.3, -0.25) is 14.9 Å². The number of urea groups is 1. The predicted octanol–water partition coefficient (Wildman–Crippen LogP) is 4.29. The normalized spacial score (nSPS) is 15.1. The Morgan fingerprint density at radius 3 is 2.44 bits per heavy atom. The zero-order valence-electron chi connectivity index (χ0n) is 16.6. The minimum atomic E-state index is -0.849. The lowest BCUT2D eigenvalue weighted by molar-refractivity contribution is -0.122. The summed E-state index contributed by atoms with van der Waals surface area (Å²) in [6.45, 7) is 0.257. The molecule has 3 aromatic carbocycles. The molecule has 1 aliphatic rings. The van der Waals surface area contributed by atoms with Crippen LogP contribution in [0.2, 0.25) is 5.02 Å². The molecular formula is C24H17ClN2O5. The number of nitrogens with zero attached hydrogens (tertiary/aromatic N) is 1. The number of phenolic OH excluding ortho intramolecular Hbond substituents is 1. The van der Waals surface area contributed by atoms with Crippen molar-refractivity contribution in [3.8, 4) is 11.5 Å². The van der Waals surface area contributed by atoms with Gasteiger partial charge in [0.25, 0.3) is 11.8 Å². The average molecular weight is 449 g/mol. The van der Waals surface area contributed by atoms with Crippen LogP contribution in [-0.4, -0.2) is 23.0 Å². The Bertz CT molecular complexity index is 1240. The summed E-state index contributed by atoms with van der Waals surface area (Å²) in [4.78, 5) is 38.4. The molecule has 32 heavy (non-hydrogen) atoms. The number of carbonyl (C=O) groups excluding carboxylic acids is 3. The van der Waals surface area contributed by atoms with E-state index >= 15 is 0 Å². The number of barbiturate groups is 1. The number of phenols is 1. The summed E-state index contributed by atoms with van der Waals surface area (Å²) in [5, 5.41) is 12.4. The van der Waals surface area contributed by atoms with Crippen LogP contribution in [0.25, 0.3) is 6.08 Å². The van der Waals surface area contributed by atoms with Gasteiger partial charge >= 0.3 is 6.03 Å². The summed E-state index contributed by atoms with van der Waals surface area (Å²) in [7, 11) is 0. The van der Waals surface area contributed by atoms with Gasteiger partial charge in [0.15, 0.2) is 0 Å². The van der Waals surface area contributed by atoms with Crippen LogP contribution in [0.1, 0.15) is 11.1 Å². The highest BCUT2D eigenvalue weighted by molar-refractivity contribution is 6.39. The van der Waals surface area contributed by atoms with Crippen molar-refractivity contribution in [1.82, 2.24) is 5.32 Å². The fraction of sp³-hybridized carbons (Fsp3) is 0.0417. The molecule has 8 heteroatoms. The molecule has 1 aliphatic heterocycles. The molecule has 0 bridgehead atoms. The highest BCUT2D eigenvalue weighted by Crippen LogP contribution is 2.26. The first-order valence-electron chi connectivity index (χ1n) is 9.59. The molecule has 0 unspecified atom stereocenters. The van der Waals surface area contributed by atoms with Crippen molar-refractivity contribution in [1.29, 1.82) is 0 Å². The van der Waals surface area contributed by atoms with E-state index in [-0.39, 0.29) is 23.6 Å². The number of hydrogen-bond acceptors (Lipinski definition) is 5. The summed E-state index contributed by atoms with van der Waals surface area (Å²) in [5.74, 6) is -1.07. The van der Waals surface area contributed by atoms with Gasteiger partial charge < -0.3 is 9.84 Å². The SMILES string of the molecule is O=C1NC(=O)N(c2ccc(OCc3ccccc3Cl)cc2)C(=O)/C1=C\c1cccc(O)c1. The van der Waals surface area contributed by atoms with E-state index in [0.29, 0.717) is 16.3 Å². The van der Waals surface area contributed by atoms with Gasteiger partial charge in [-0.25, -0.2) is 9.69 Å². The minimum absolute atomic E-state index is 0.0108. The smallest absolute Gasteiger partial charge is 0.335 e. The lowest BCUT2D eigenvalue weighted by Gasteiger charge is -2.26. The average Bonchev–Trinajstić information content (AvgIpc) is 2.77. The van der Waals surface area contributed by atoms with Crippen LogP contribution in [0.4, 0.5) is 10.5 Å². The molecular weight excluding hydrogens is 432 g/mol. The van der Waals surface area contributed by atoms with Crippen LogP contribution in [0, 0.1) is 0 Å². The number of rotatable bonds is 5. The van der Waals surface area contributed by atoms with E-state index in [4.69, 9.17) is 16.3 Å². The standard InChI is InChI=1S/C24H17ClN2O5/c25-21-7-2-1-5-16(21)14-32-19-10-8-17(9-11-19)27-23(30)20(22(29)26-24(27)31)13-15-4-3-6-18(28)12-15/h1-13,28H,14H2,(H,26,29,31)/b20-13-. The Balaban J connectivity index is 1.54. The highest BCUT2D eigenvalue weighted by Gasteiger charge is 2.36. The summed E-state index contributed by atoms with van der Waals surface area (Å²) >= 11 is 6.13. The summed E-state index contributed by atoms with van der Waals surface area (Å²) in [6.07, 6.45) is 1.32. The minimum Gasteiger partial charge on any atom is -0.508 e. The largest absolute Gasteiger partial charge is 0.508 e. The molecule has 1 fully saturated rings. The van der Waals surface area contributed by atoms with Crippen molar-refractivity contribution in [3.63, 3.8) is 0 Å². The molecule has 0 saturated carbocycles. The maximum absolute atomic E-state index is 12.9. The zero-order valence-corrected chi connectivity index (χ0v) is 17.4. The monoisotopic (exact) mass is 448 g/mol. The van der Waals surface area contributed by atoms with Crippen LogP contribution in [-0.2, 0) is 16.2 Å². The van der Waals surface area contributed by atoms with E-state index in [1.165, 1.54) is 18.2 Å². The molecule has 1 saturated heterocycles. The van der Waals surface area contributed by atoms with Gasteiger partial charge in [0.1, 0.15) is 23.7 Å². The van der Waals surface area contributed by atoms with Crippen LogP contribution in [0.3, 0.4) is 0 Å². The Labute approximate surface area is 188 Å². The van der Waals surface area contributed by atoms with Crippen LogP contribution >= 0.6 is 11.6 Å². The van der Waals surface area contributed by atoms with Crippen molar-refractivity contribution in [2.24, 2.45) is 0 Å². The topological polar surface area (TPSA) is 95.9 Å². The Morgan fingerprint density at radius 2 is 1.72 bits per heavy atom. The Hall–Kier alpha value is -4.10. The van der Waals surface area contributed by atoms with Gasteiger partial charge in [-0.15, -0.1) is 0 Å². The van der Waals surface area contributed by atoms with Gasteiger partial charge in [0, 0.05) is 10.6 Å². The number of benzene rings is 3. The van der Waals surface area contributed by atoms with Gasteiger partial charge in [0.2, 0.25) is 0 Å². The summed E-state index contributed by atoms with van der Waals surface area (Å²) in [5.41, 5.74) is 1.31. The molecule has 0 aromatic heterocycles. The lowest BCUT2D eigenvalue weighted by atomic mass is 10.1. The number of carbonyl (C=O) groups is 3. The Kier molecular flexibility index (Phi) is 5.91. The van der Waals surface area contributed by atoms with E-state index in [9.17, 15) is 19.5 Å². The second-order valence-corrected chi connectivity index (χ2v) is 7.33. The van der Waals surface area contributed by atoms with Crippen LogP contribution < -0.4 is 15.0 Å². The van der Waals surface area contributed by atoms with Gasteiger partial charge in [0.05, 0.1) is 5.69 Å². The fourth-order valence-corrected chi connectivity index (χ4v) is 3.33. The second kappa shape index (κ2) is 8.95. The molecule has 3 aromatic rings. The fourth-order valence-electron chi connectivity index (χ4n) is 3.14. The zero-order chi connectivity index (χ0) is 22.7. The molecule has 0 spiro atoms. The predicted molar refractivity (Wildman–Crippen MR) is 119 cm³/mol. The van der Waals surface area contributed by atoms with Crippen molar-refractivity contribution in [3.05, 3.63) is 94.5 Å². The maximum Gasteiger partial charge on any atom is 0.335 e. The van der Waals surface area contributed by atoms with Gasteiger partial charge in [-0.1, -0.05) is 41.9 Å². The van der Waals surface area contributed by atoms with E-state index in [1.807, 2.05) is 18.2 Å². The quantitative estimate of drug-likeness (QED) is 0.448. The first-order chi connectivity index (χ1) is 15.4. The number of imide groups is 2. The molecule has 1 heterocycles. The van der Waals surface area contributed by atoms with E-state index in [1.54, 1.807) is 42.5 Å². The number of hydrogen-bond donors (Lipinski definition) is 2. The molecule has 0 aliphatic carbocycles. The van der Waals surface area contributed by atoms with Gasteiger partial charge in [-0.2, -0.15) is 0 Å². The number of anilines is 1. The number of nitrogens with one attached hydrogen (secondary N) is 1. The van der Waals surface area contributed by atoms with E-state index in [0.717, 1.165) is 10.5 Å². The summed E-state index contributed by atoms with van der Waals surface area (Å²) in [6, 6.07) is 18.8. The molecule has 7 nitrogen and oxygen atoms in total. The lowest BCUT2D eigenvalue weighted by Crippen LogP contribution is -2.54. The van der Waals surface area contributed by atoms with E-state index in [2.05, 4.69) is 5.32 Å². The second-order valence-electron chi connectivity index (χ2n) is 6.93. The van der Waals surface area contributed by atoms with Crippen LogP contribution in [0.15, 0.2) is 78.4 Å². The third-order valence-electron chi connectivity index (χ3n) is 4.73. The van der Waals surface area contributed by atoms with Crippen molar-refractivity contribution in [2.45, 2.75) is 6.61 Å². The first-order valence-corrected chi connectivity index (χ1v) is 9.97. The Morgan fingerprint density at radius 1 is 0.969 bits per heavy atom. The molecule has 4 amide bonds. The van der Waals surface area contributed by atoms with Crippen LogP contribution in [0.5, 0.6) is 11.5 Å².